The topological polar surface area (TPSA) is 24.5 Å². The Labute approximate surface area is 122 Å². The molecule has 1 N–H and O–H groups in total. The number of hydrogen-bond acceptors (Lipinski definition) is 3. The third-order valence-electron chi connectivity index (χ3n) is 5.03. The fourth-order valence-corrected chi connectivity index (χ4v) is 3.70. The second kappa shape index (κ2) is 6.15. The first-order chi connectivity index (χ1) is 9.80. The Morgan fingerprint density at radius 1 is 1.25 bits per heavy atom. The quantitative estimate of drug-likeness (QED) is 0.912. The summed E-state index contributed by atoms with van der Waals surface area (Å²) in [6.45, 7) is 6.19. The van der Waals surface area contributed by atoms with Gasteiger partial charge in [-0.1, -0.05) is 12.1 Å². The first-order valence-corrected chi connectivity index (χ1v) is 7.86. The van der Waals surface area contributed by atoms with Crippen LogP contribution in [0.25, 0.3) is 0 Å². The van der Waals surface area contributed by atoms with Gasteiger partial charge in [0.05, 0.1) is 7.11 Å². The van der Waals surface area contributed by atoms with Gasteiger partial charge in [0.1, 0.15) is 5.75 Å². The van der Waals surface area contributed by atoms with Crippen LogP contribution in [-0.4, -0.2) is 44.7 Å². The van der Waals surface area contributed by atoms with Crippen molar-refractivity contribution >= 4 is 0 Å². The number of methoxy groups -OCH3 is 1. The minimum atomic E-state index is 0.625. The number of nitrogens with zero attached hydrogens (tertiary/aromatic N) is 1. The van der Waals surface area contributed by atoms with Crippen LogP contribution in [0.1, 0.15) is 24.8 Å². The summed E-state index contributed by atoms with van der Waals surface area (Å²) in [6.07, 6.45) is 5.25. The smallest absolute Gasteiger partial charge is 0.119 e. The number of nitrogens with one attached hydrogen (secondary N) is 1. The zero-order valence-corrected chi connectivity index (χ0v) is 12.5. The first-order valence-electron chi connectivity index (χ1n) is 7.86. The minimum absolute atomic E-state index is 0.625. The molecule has 1 aromatic rings. The molecule has 0 radical (unpaired) electrons. The van der Waals surface area contributed by atoms with Crippen LogP contribution in [0.2, 0.25) is 0 Å². The molecule has 0 aromatic heterocycles. The predicted molar refractivity (Wildman–Crippen MR) is 82.3 cm³/mol. The number of hydrogen-bond donors (Lipinski definition) is 1. The van der Waals surface area contributed by atoms with Crippen LogP contribution >= 0.6 is 0 Å². The van der Waals surface area contributed by atoms with Crippen molar-refractivity contribution in [2.45, 2.75) is 25.7 Å². The standard InChI is InChI=1S/C17H26N2O/c1-20-16-4-2-3-15(13-16)5-11-19-12-8-17(14-19)6-9-18-10-7-17/h2-4,13,18H,5-12,14H2,1H3. The fraction of sp³-hybridized carbons (Fsp3) is 0.647. The average molecular weight is 274 g/mol. The third kappa shape index (κ3) is 3.15. The largest absolute Gasteiger partial charge is 0.497 e. The van der Waals surface area contributed by atoms with Gasteiger partial charge in [-0.15, -0.1) is 0 Å². The summed E-state index contributed by atoms with van der Waals surface area (Å²) in [7, 11) is 1.74. The Morgan fingerprint density at radius 3 is 2.90 bits per heavy atom. The second-order valence-corrected chi connectivity index (χ2v) is 6.38. The summed E-state index contributed by atoms with van der Waals surface area (Å²) < 4.78 is 5.30. The van der Waals surface area contributed by atoms with Crippen molar-refractivity contribution in [3.8, 4) is 5.75 Å². The first kappa shape index (κ1) is 13.9. The van der Waals surface area contributed by atoms with Crippen molar-refractivity contribution < 1.29 is 4.74 Å². The van der Waals surface area contributed by atoms with E-state index in [1.807, 2.05) is 6.07 Å². The normalized spacial score (nSPS) is 22.2. The van der Waals surface area contributed by atoms with Gasteiger partial charge in [0.15, 0.2) is 0 Å². The molecule has 0 unspecified atom stereocenters. The van der Waals surface area contributed by atoms with E-state index < -0.39 is 0 Å². The van der Waals surface area contributed by atoms with E-state index in [-0.39, 0.29) is 0 Å². The number of ether oxygens (including phenoxy) is 1. The molecule has 2 heterocycles. The van der Waals surface area contributed by atoms with Gasteiger partial charge in [-0.2, -0.15) is 0 Å². The van der Waals surface area contributed by atoms with Crippen molar-refractivity contribution in [3.63, 3.8) is 0 Å². The molecule has 110 valence electrons. The number of benzene rings is 1. The zero-order chi connectivity index (χ0) is 13.8. The van der Waals surface area contributed by atoms with Gasteiger partial charge < -0.3 is 15.0 Å². The van der Waals surface area contributed by atoms with Crippen LogP contribution in [0.15, 0.2) is 24.3 Å². The van der Waals surface area contributed by atoms with Crippen molar-refractivity contribution in [3.05, 3.63) is 29.8 Å². The molecule has 3 heteroatoms. The number of piperidine rings is 1. The molecule has 0 aliphatic carbocycles. The summed E-state index contributed by atoms with van der Waals surface area (Å²) in [6, 6.07) is 8.48. The van der Waals surface area contributed by atoms with E-state index in [4.69, 9.17) is 4.74 Å². The van der Waals surface area contributed by atoms with Gasteiger partial charge in [0.2, 0.25) is 0 Å². The van der Waals surface area contributed by atoms with E-state index in [9.17, 15) is 0 Å². The summed E-state index contributed by atoms with van der Waals surface area (Å²) in [4.78, 5) is 2.66. The molecule has 1 aromatic carbocycles. The van der Waals surface area contributed by atoms with Gasteiger partial charge in [0.25, 0.3) is 0 Å². The highest BCUT2D eigenvalue weighted by atomic mass is 16.5. The summed E-state index contributed by atoms with van der Waals surface area (Å²) in [5.41, 5.74) is 2.01. The van der Waals surface area contributed by atoms with Crippen LogP contribution in [0, 0.1) is 5.41 Å². The maximum absolute atomic E-state index is 5.30. The second-order valence-electron chi connectivity index (χ2n) is 6.38. The molecule has 20 heavy (non-hydrogen) atoms. The molecular formula is C17H26N2O. The van der Waals surface area contributed by atoms with Gasteiger partial charge >= 0.3 is 0 Å². The van der Waals surface area contributed by atoms with Crippen molar-refractivity contribution in [2.24, 2.45) is 5.41 Å². The fourth-order valence-electron chi connectivity index (χ4n) is 3.70. The predicted octanol–water partition coefficient (Wildman–Crippen LogP) is 2.31. The molecule has 0 amide bonds. The van der Waals surface area contributed by atoms with Crippen molar-refractivity contribution in [1.82, 2.24) is 10.2 Å². The summed E-state index contributed by atoms with van der Waals surface area (Å²) in [5, 5.41) is 3.49. The molecule has 2 saturated heterocycles. The average Bonchev–Trinajstić information content (AvgIpc) is 2.89. The lowest BCUT2D eigenvalue weighted by Gasteiger charge is -2.33. The van der Waals surface area contributed by atoms with Gasteiger partial charge in [-0.25, -0.2) is 0 Å². The molecule has 2 fully saturated rings. The highest BCUT2D eigenvalue weighted by Crippen LogP contribution is 2.38. The Morgan fingerprint density at radius 2 is 2.10 bits per heavy atom. The van der Waals surface area contributed by atoms with E-state index in [1.54, 1.807) is 7.11 Å². The number of likely N-dealkylation sites (tertiary alicyclic amines) is 1. The maximum Gasteiger partial charge on any atom is 0.119 e. The summed E-state index contributed by atoms with van der Waals surface area (Å²) >= 11 is 0. The molecular weight excluding hydrogens is 248 g/mol. The monoisotopic (exact) mass is 274 g/mol. The highest BCUT2D eigenvalue weighted by Gasteiger charge is 2.38. The lowest BCUT2D eigenvalue weighted by Crippen LogP contribution is -2.38. The Hall–Kier alpha value is -1.06. The zero-order valence-electron chi connectivity index (χ0n) is 12.5. The van der Waals surface area contributed by atoms with Gasteiger partial charge in [0, 0.05) is 13.1 Å². The van der Waals surface area contributed by atoms with Crippen LogP contribution in [0.4, 0.5) is 0 Å². The Bertz CT molecular complexity index is 440. The SMILES string of the molecule is COc1cccc(CCN2CCC3(CCNCC3)C2)c1. The van der Waals surface area contributed by atoms with Gasteiger partial charge in [-0.3, -0.25) is 0 Å². The van der Waals surface area contributed by atoms with Crippen LogP contribution in [0.3, 0.4) is 0 Å². The van der Waals surface area contributed by atoms with E-state index in [2.05, 4.69) is 28.4 Å². The maximum atomic E-state index is 5.30. The Kier molecular flexibility index (Phi) is 4.27. The van der Waals surface area contributed by atoms with Crippen molar-refractivity contribution in [2.75, 3.05) is 39.8 Å². The van der Waals surface area contributed by atoms with Crippen LogP contribution in [0.5, 0.6) is 5.75 Å². The lowest BCUT2D eigenvalue weighted by molar-refractivity contribution is 0.197. The lowest BCUT2D eigenvalue weighted by atomic mass is 9.78. The van der Waals surface area contributed by atoms with Gasteiger partial charge in [-0.05, 0) is 68.4 Å². The van der Waals surface area contributed by atoms with E-state index >= 15 is 0 Å². The molecule has 2 aliphatic rings. The van der Waals surface area contributed by atoms with E-state index in [1.165, 1.54) is 57.5 Å². The molecule has 0 bridgehead atoms. The molecule has 3 rings (SSSR count). The molecule has 0 saturated carbocycles. The van der Waals surface area contributed by atoms with Crippen molar-refractivity contribution in [1.29, 1.82) is 0 Å². The Balaban J connectivity index is 1.51. The molecule has 1 spiro atoms. The van der Waals surface area contributed by atoms with Crippen LogP contribution < -0.4 is 10.1 Å². The third-order valence-corrected chi connectivity index (χ3v) is 5.03. The molecule has 0 atom stereocenters. The highest BCUT2D eigenvalue weighted by molar-refractivity contribution is 5.28. The summed E-state index contributed by atoms with van der Waals surface area (Å²) in [5.74, 6) is 0.971. The number of rotatable bonds is 4. The van der Waals surface area contributed by atoms with E-state index in [0.717, 1.165) is 12.2 Å². The van der Waals surface area contributed by atoms with Crippen LogP contribution in [-0.2, 0) is 6.42 Å². The molecule has 3 nitrogen and oxygen atoms in total. The van der Waals surface area contributed by atoms with E-state index in [0.29, 0.717) is 5.41 Å². The molecule has 2 aliphatic heterocycles. The minimum Gasteiger partial charge on any atom is -0.497 e.